The number of nitrogens with two attached hydrogens (primary N) is 1. The maximum Gasteiger partial charge on any atom is 0.124 e. The molecular formula is C14H17N3S. The molecule has 0 saturated heterocycles. The molecule has 3 rings (SSSR count). The third-order valence-electron chi connectivity index (χ3n) is 3.52. The first kappa shape index (κ1) is 11.7. The summed E-state index contributed by atoms with van der Waals surface area (Å²) in [5.74, 6) is 1.99. The normalized spacial score (nSPS) is 14.6. The molecular weight excluding hydrogens is 242 g/mol. The van der Waals surface area contributed by atoms with Crippen molar-refractivity contribution in [1.29, 1.82) is 0 Å². The van der Waals surface area contributed by atoms with Crippen molar-refractivity contribution in [3.8, 4) is 11.3 Å². The minimum Gasteiger partial charge on any atom is -0.384 e. The number of aryl methyl sites for hydroxylation is 2. The van der Waals surface area contributed by atoms with E-state index in [2.05, 4.69) is 23.3 Å². The summed E-state index contributed by atoms with van der Waals surface area (Å²) in [6.45, 7) is 2.03. The zero-order chi connectivity index (χ0) is 12.7. The first-order valence-electron chi connectivity index (χ1n) is 6.22. The summed E-state index contributed by atoms with van der Waals surface area (Å²) in [6, 6.07) is 6.65. The molecule has 1 aliphatic heterocycles. The van der Waals surface area contributed by atoms with E-state index < -0.39 is 0 Å². The van der Waals surface area contributed by atoms with Crippen LogP contribution in [0.1, 0.15) is 17.5 Å². The molecule has 0 amide bonds. The van der Waals surface area contributed by atoms with Crippen LogP contribution in [0.15, 0.2) is 23.1 Å². The van der Waals surface area contributed by atoms with Gasteiger partial charge in [-0.05, 0) is 43.2 Å². The molecule has 0 spiro atoms. The van der Waals surface area contributed by atoms with Gasteiger partial charge in [-0.3, -0.25) is 4.68 Å². The summed E-state index contributed by atoms with van der Waals surface area (Å²) >= 11 is 1.95. The molecule has 1 aromatic carbocycles. The fraction of sp³-hybridized carbons (Fsp3) is 0.357. The van der Waals surface area contributed by atoms with E-state index in [9.17, 15) is 0 Å². The molecule has 0 radical (unpaired) electrons. The Bertz CT molecular complexity index is 601. The number of aromatic nitrogens is 2. The molecule has 0 bridgehead atoms. The van der Waals surface area contributed by atoms with Crippen molar-refractivity contribution in [1.82, 2.24) is 9.78 Å². The molecule has 18 heavy (non-hydrogen) atoms. The number of fused-ring (bicyclic) bond motifs is 1. The molecule has 0 saturated carbocycles. The van der Waals surface area contributed by atoms with Crippen LogP contribution >= 0.6 is 11.8 Å². The molecule has 94 valence electrons. The van der Waals surface area contributed by atoms with Crippen molar-refractivity contribution >= 4 is 17.6 Å². The highest BCUT2D eigenvalue weighted by molar-refractivity contribution is 7.99. The van der Waals surface area contributed by atoms with Crippen LogP contribution in [0, 0.1) is 6.92 Å². The highest BCUT2D eigenvalue weighted by Crippen LogP contribution is 2.34. The first-order chi connectivity index (χ1) is 8.66. The highest BCUT2D eigenvalue weighted by atomic mass is 32.2. The lowest BCUT2D eigenvalue weighted by atomic mass is 10.0. The Morgan fingerprint density at radius 3 is 2.94 bits per heavy atom. The predicted octanol–water partition coefficient (Wildman–Crippen LogP) is 3.02. The Hall–Kier alpha value is -1.42. The number of hydrogen-bond acceptors (Lipinski definition) is 3. The molecule has 1 aliphatic rings. The van der Waals surface area contributed by atoms with Crippen LogP contribution in [0.25, 0.3) is 11.3 Å². The van der Waals surface area contributed by atoms with Crippen LogP contribution in [0.2, 0.25) is 0 Å². The smallest absolute Gasteiger partial charge is 0.124 e. The Labute approximate surface area is 111 Å². The Morgan fingerprint density at radius 2 is 2.22 bits per heavy atom. The van der Waals surface area contributed by atoms with Crippen LogP contribution < -0.4 is 5.73 Å². The van der Waals surface area contributed by atoms with Crippen molar-refractivity contribution in [2.24, 2.45) is 7.05 Å². The van der Waals surface area contributed by atoms with Crippen molar-refractivity contribution in [2.45, 2.75) is 24.7 Å². The fourth-order valence-electron chi connectivity index (χ4n) is 2.42. The number of hydrogen-bond donors (Lipinski definition) is 1. The lowest BCUT2D eigenvalue weighted by Crippen LogP contribution is -1.98. The zero-order valence-corrected chi connectivity index (χ0v) is 11.5. The monoisotopic (exact) mass is 259 g/mol. The molecule has 2 N–H and O–H groups in total. The Morgan fingerprint density at radius 1 is 1.39 bits per heavy atom. The van der Waals surface area contributed by atoms with Crippen LogP contribution in [-0.4, -0.2) is 15.5 Å². The van der Waals surface area contributed by atoms with Gasteiger partial charge in [-0.1, -0.05) is 6.07 Å². The molecule has 0 unspecified atom stereocenters. The van der Waals surface area contributed by atoms with E-state index in [0.717, 1.165) is 17.1 Å². The van der Waals surface area contributed by atoms with E-state index in [1.807, 2.05) is 25.7 Å². The van der Waals surface area contributed by atoms with E-state index in [1.54, 1.807) is 4.68 Å². The van der Waals surface area contributed by atoms with Gasteiger partial charge < -0.3 is 5.73 Å². The largest absolute Gasteiger partial charge is 0.384 e. The van der Waals surface area contributed by atoms with Crippen LogP contribution in [-0.2, 0) is 13.5 Å². The SMILES string of the molecule is Cc1c(-c2ccc3c(c2)CCCS3)nn(C)c1N. The molecule has 2 aromatic rings. The lowest BCUT2D eigenvalue weighted by molar-refractivity contribution is 0.782. The van der Waals surface area contributed by atoms with Crippen LogP contribution in [0.3, 0.4) is 0 Å². The highest BCUT2D eigenvalue weighted by Gasteiger charge is 2.15. The quantitative estimate of drug-likeness (QED) is 0.856. The second-order valence-electron chi connectivity index (χ2n) is 4.76. The number of rotatable bonds is 1. The number of thioether (sulfide) groups is 1. The number of nitrogens with zero attached hydrogens (tertiary/aromatic N) is 2. The summed E-state index contributed by atoms with van der Waals surface area (Å²) in [7, 11) is 1.89. The number of anilines is 1. The topological polar surface area (TPSA) is 43.8 Å². The summed E-state index contributed by atoms with van der Waals surface area (Å²) in [4.78, 5) is 1.42. The summed E-state index contributed by atoms with van der Waals surface area (Å²) < 4.78 is 1.75. The van der Waals surface area contributed by atoms with Gasteiger partial charge in [0.1, 0.15) is 5.82 Å². The van der Waals surface area contributed by atoms with Crippen LogP contribution in [0.4, 0.5) is 5.82 Å². The minimum absolute atomic E-state index is 0.747. The lowest BCUT2D eigenvalue weighted by Gasteiger charge is -2.15. The molecule has 0 atom stereocenters. The Balaban J connectivity index is 2.09. The van der Waals surface area contributed by atoms with Crippen molar-refractivity contribution in [2.75, 3.05) is 11.5 Å². The standard InChI is InChI=1S/C14H17N3S/c1-9-13(16-17(2)14(9)15)11-5-6-12-10(8-11)4-3-7-18-12/h5-6,8H,3-4,7,15H2,1-2H3. The van der Waals surface area contributed by atoms with Gasteiger partial charge in [0.05, 0.1) is 5.69 Å². The predicted molar refractivity (Wildman–Crippen MR) is 76.8 cm³/mol. The zero-order valence-electron chi connectivity index (χ0n) is 10.7. The van der Waals surface area contributed by atoms with E-state index in [0.29, 0.717) is 0 Å². The second-order valence-corrected chi connectivity index (χ2v) is 5.89. The fourth-order valence-corrected chi connectivity index (χ4v) is 3.44. The number of benzene rings is 1. The third-order valence-corrected chi connectivity index (χ3v) is 4.72. The van der Waals surface area contributed by atoms with Crippen molar-refractivity contribution in [3.63, 3.8) is 0 Å². The van der Waals surface area contributed by atoms with Crippen molar-refractivity contribution < 1.29 is 0 Å². The average Bonchev–Trinajstić information content (AvgIpc) is 2.66. The number of nitrogen functional groups attached to an aromatic ring is 1. The molecule has 0 fully saturated rings. The van der Waals surface area contributed by atoms with E-state index >= 15 is 0 Å². The van der Waals surface area contributed by atoms with Gasteiger partial charge in [0.25, 0.3) is 0 Å². The van der Waals surface area contributed by atoms with Gasteiger partial charge in [0.15, 0.2) is 0 Å². The summed E-state index contributed by atoms with van der Waals surface area (Å²) in [5.41, 5.74) is 10.7. The molecule has 0 aliphatic carbocycles. The molecule has 4 heteroatoms. The summed E-state index contributed by atoms with van der Waals surface area (Å²) in [5, 5.41) is 4.51. The van der Waals surface area contributed by atoms with E-state index in [4.69, 9.17) is 5.73 Å². The first-order valence-corrected chi connectivity index (χ1v) is 7.20. The maximum absolute atomic E-state index is 5.97. The van der Waals surface area contributed by atoms with Gasteiger partial charge >= 0.3 is 0 Å². The molecule has 2 heterocycles. The maximum atomic E-state index is 5.97. The Kier molecular flexibility index (Phi) is 2.82. The van der Waals surface area contributed by atoms with Gasteiger partial charge in [-0.25, -0.2) is 0 Å². The van der Waals surface area contributed by atoms with E-state index in [-0.39, 0.29) is 0 Å². The van der Waals surface area contributed by atoms with E-state index in [1.165, 1.54) is 34.6 Å². The molecule has 3 nitrogen and oxygen atoms in total. The molecule has 1 aromatic heterocycles. The van der Waals surface area contributed by atoms with Gasteiger partial charge in [-0.2, -0.15) is 5.10 Å². The van der Waals surface area contributed by atoms with Crippen molar-refractivity contribution in [3.05, 3.63) is 29.3 Å². The summed E-state index contributed by atoms with van der Waals surface area (Å²) in [6.07, 6.45) is 2.45. The average molecular weight is 259 g/mol. The minimum atomic E-state index is 0.747. The second kappa shape index (κ2) is 4.35. The van der Waals surface area contributed by atoms with Crippen LogP contribution in [0.5, 0.6) is 0 Å². The third kappa shape index (κ3) is 1.81. The van der Waals surface area contributed by atoms with Gasteiger partial charge in [0.2, 0.25) is 0 Å². The van der Waals surface area contributed by atoms with Gasteiger partial charge in [-0.15, -0.1) is 11.8 Å². The van der Waals surface area contributed by atoms with Gasteiger partial charge in [0, 0.05) is 23.1 Å².